The fourth-order valence-electron chi connectivity index (χ4n) is 1.65. The molecule has 0 spiro atoms. The van der Waals surface area contributed by atoms with Gasteiger partial charge in [0.1, 0.15) is 17.6 Å². The number of carbonyl (C=O) groups is 1. The number of carbonyl (C=O) groups excluding carboxylic acids is 1. The van der Waals surface area contributed by atoms with Crippen molar-refractivity contribution in [1.82, 2.24) is 0 Å². The molecular formula is C13H12O5. The molecule has 0 aliphatic carbocycles. The minimum atomic E-state index is -0.427. The maximum absolute atomic E-state index is 11.1. The Morgan fingerprint density at radius 3 is 2.89 bits per heavy atom. The molecule has 0 amide bonds. The van der Waals surface area contributed by atoms with Crippen molar-refractivity contribution in [2.24, 2.45) is 0 Å². The predicted molar refractivity (Wildman–Crippen MR) is 64.8 cm³/mol. The maximum Gasteiger partial charge on any atom is 0.336 e. The summed E-state index contributed by atoms with van der Waals surface area (Å²) in [6.45, 7) is 0.0639. The molecule has 18 heavy (non-hydrogen) atoms. The molecule has 5 nitrogen and oxygen atoms in total. The van der Waals surface area contributed by atoms with Crippen LogP contribution in [0.4, 0.5) is 0 Å². The number of ether oxygens (including phenoxy) is 2. The molecule has 0 unspecified atom stereocenters. The summed E-state index contributed by atoms with van der Waals surface area (Å²) in [5.41, 5.74) is 0.718. The number of rotatable bonds is 5. The standard InChI is InChI=1S/C13H12O5/c1-16-8-17-11-7-12-9(2-3-13(15)18-12)6-10(11)4-5-14/h2-3,5-7H,4,8H2,1H3. The summed E-state index contributed by atoms with van der Waals surface area (Å²) >= 11 is 0. The van der Waals surface area contributed by atoms with E-state index in [-0.39, 0.29) is 13.2 Å². The van der Waals surface area contributed by atoms with Crippen LogP contribution in [0, 0.1) is 0 Å². The van der Waals surface area contributed by atoms with Crippen molar-refractivity contribution in [3.05, 3.63) is 40.2 Å². The van der Waals surface area contributed by atoms with Crippen LogP contribution in [0.3, 0.4) is 0 Å². The van der Waals surface area contributed by atoms with E-state index in [1.807, 2.05) is 0 Å². The van der Waals surface area contributed by atoms with Crippen LogP contribution < -0.4 is 10.4 Å². The van der Waals surface area contributed by atoms with Crippen LogP contribution in [0.25, 0.3) is 11.0 Å². The van der Waals surface area contributed by atoms with Gasteiger partial charge in [-0.3, -0.25) is 0 Å². The number of aldehydes is 1. The average molecular weight is 248 g/mol. The van der Waals surface area contributed by atoms with Gasteiger partial charge in [0.25, 0.3) is 0 Å². The maximum atomic E-state index is 11.1. The van der Waals surface area contributed by atoms with Gasteiger partial charge in [0.15, 0.2) is 6.79 Å². The smallest absolute Gasteiger partial charge is 0.336 e. The lowest BCUT2D eigenvalue weighted by Gasteiger charge is -2.10. The quantitative estimate of drug-likeness (QED) is 0.456. The topological polar surface area (TPSA) is 65.7 Å². The van der Waals surface area contributed by atoms with E-state index in [2.05, 4.69) is 0 Å². The molecule has 0 atom stereocenters. The molecule has 0 saturated carbocycles. The van der Waals surface area contributed by atoms with E-state index in [1.54, 1.807) is 18.2 Å². The van der Waals surface area contributed by atoms with Gasteiger partial charge in [-0.15, -0.1) is 0 Å². The highest BCUT2D eigenvalue weighted by Crippen LogP contribution is 2.25. The van der Waals surface area contributed by atoms with E-state index in [4.69, 9.17) is 13.9 Å². The summed E-state index contributed by atoms with van der Waals surface area (Å²) in [5.74, 6) is 0.478. The van der Waals surface area contributed by atoms with Crippen molar-refractivity contribution in [2.75, 3.05) is 13.9 Å². The summed E-state index contributed by atoms with van der Waals surface area (Å²) in [6, 6.07) is 6.34. The third-order valence-corrected chi connectivity index (χ3v) is 2.44. The van der Waals surface area contributed by atoms with Crippen LogP contribution in [0.15, 0.2) is 33.5 Å². The molecule has 1 aromatic carbocycles. The summed E-state index contributed by atoms with van der Waals surface area (Å²) in [6.07, 6.45) is 1.02. The second kappa shape index (κ2) is 5.46. The van der Waals surface area contributed by atoms with E-state index in [1.165, 1.54) is 13.2 Å². The van der Waals surface area contributed by atoms with Gasteiger partial charge >= 0.3 is 5.63 Å². The van der Waals surface area contributed by atoms with E-state index in [9.17, 15) is 9.59 Å². The van der Waals surface area contributed by atoms with E-state index in [0.29, 0.717) is 11.3 Å². The molecule has 0 radical (unpaired) electrons. The minimum Gasteiger partial charge on any atom is -0.467 e. The largest absolute Gasteiger partial charge is 0.467 e. The molecule has 0 N–H and O–H groups in total. The first-order valence-electron chi connectivity index (χ1n) is 5.36. The average Bonchev–Trinajstić information content (AvgIpc) is 2.37. The van der Waals surface area contributed by atoms with Gasteiger partial charge in [-0.1, -0.05) is 0 Å². The molecule has 0 aliphatic rings. The van der Waals surface area contributed by atoms with Crippen molar-refractivity contribution in [3.8, 4) is 5.75 Å². The molecule has 0 aliphatic heterocycles. The fourth-order valence-corrected chi connectivity index (χ4v) is 1.65. The van der Waals surface area contributed by atoms with Gasteiger partial charge in [0.05, 0.1) is 0 Å². The second-order valence-electron chi connectivity index (χ2n) is 3.67. The monoisotopic (exact) mass is 248 g/mol. The second-order valence-corrected chi connectivity index (χ2v) is 3.67. The molecule has 0 bridgehead atoms. The van der Waals surface area contributed by atoms with Crippen LogP contribution >= 0.6 is 0 Å². The van der Waals surface area contributed by atoms with Crippen LogP contribution in [-0.2, 0) is 16.0 Å². The lowest BCUT2D eigenvalue weighted by atomic mass is 10.1. The number of hydrogen-bond donors (Lipinski definition) is 0. The zero-order chi connectivity index (χ0) is 13.0. The predicted octanol–water partition coefficient (Wildman–Crippen LogP) is 1.52. The zero-order valence-corrected chi connectivity index (χ0v) is 9.84. The first-order valence-corrected chi connectivity index (χ1v) is 5.36. The number of benzene rings is 1. The van der Waals surface area contributed by atoms with Gasteiger partial charge in [0, 0.05) is 36.6 Å². The van der Waals surface area contributed by atoms with Gasteiger partial charge < -0.3 is 18.7 Å². The summed E-state index contributed by atoms with van der Waals surface area (Å²) in [5, 5.41) is 0.746. The van der Waals surface area contributed by atoms with Crippen molar-refractivity contribution in [3.63, 3.8) is 0 Å². The fraction of sp³-hybridized carbons (Fsp3) is 0.231. The Morgan fingerprint density at radius 1 is 1.33 bits per heavy atom. The van der Waals surface area contributed by atoms with Gasteiger partial charge in [-0.05, 0) is 12.1 Å². The molecule has 5 heteroatoms. The zero-order valence-electron chi connectivity index (χ0n) is 9.84. The van der Waals surface area contributed by atoms with E-state index in [0.717, 1.165) is 17.2 Å². The molecule has 1 heterocycles. The highest BCUT2D eigenvalue weighted by atomic mass is 16.7. The van der Waals surface area contributed by atoms with Gasteiger partial charge in [-0.25, -0.2) is 4.79 Å². The van der Waals surface area contributed by atoms with E-state index < -0.39 is 5.63 Å². The highest BCUT2D eigenvalue weighted by Gasteiger charge is 2.08. The third-order valence-electron chi connectivity index (χ3n) is 2.44. The number of fused-ring (bicyclic) bond motifs is 1. The van der Waals surface area contributed by atoms with Crippen LogP contribution in [-0.4, -0.2) is 20.2 Å². The first kappa shape index (κ1) is 12.3. The van der Waals surface area contributed by atoms with Crippen LogP contribution in [0.5, 0.6) is 5.75 Å². The molecule has 94 valence electrons. The van der Waals surface area contributed by atoms with Crippen LogP contribution in [0.2, 0.25) is 0 Å². The van der Waals surface area contributed by atoms with Crippen molar-refractivity contribution in [1.29, 1.82) is 0 Å². The highest BCUT2D eigenvalue weighted by molar-refractivity contribution is 5.80. The van der Waals surface area contributed by atoms with Gasteiger partial charge in [-0.2, -0.15) is 0 Å². The van der Waals surface area contributed by atoms with Crippen molar-refractivity contribution >= 4 is 17.3 Å². The first-order chi connectivity index (χ1) is 8.74. The van der Waals surface area contributed by atoms with Crippen molar-refractivity contribution in [2.45, 2.75) is 6.42 Å². The number of methoxy groups -OCH3 is 1. The number of hydrogen-bond acceptors (Lipinski definition) is 5. The normalized spacial score (nSPS) is 10.5. The summed E-state index contributed by atoms with van der Waals surface area (Å²) < 4.78 is 15.2. The molecule has 2 aromatic rings. The molecule has 0 saturated heterocycles. The Balaban J connectivity index is 2.52. The van der Waals surface area contributed by atoms with Crippen molar-refractivity contribution < 1.29 is 18.7 Å². The lowest BCUT2D eigenvalue weighted by molar-refractivity contribution is -0.107. The Hall–Kier alpha value is -2.14. The Labute approximate surface area is 103 Å². The Bertz CT molecular complexity index is 614. The SMILES string of the molecule is COCOc1cc2oc(=O)ccc2cc1CC=O. The summed E-state index contributed by atoms with van der Waals surface area (Å²) in [4.78, 5) is 21.8. The molecule has 1 aromatic heterocycles. The van der Waals surface area contributed by atoms with E-state index >= 15 is 0 Å². The Kier molecular flexibility index (Phi) is 3.74. The lowest BCUT2D eigenvalue weighted by Crippen LogP contribution is -2.03. The summed E-state index contributed by atoms with van der Waals surface area (Å²) in [7, 11) is 1.50. The molecule has 0 fully saturated rings. The van der Waals surface area contributed by atoms with Crippen LogP contribution in [0.1, 0.15) is 5.56 Å². The Morgan fingerprint density at radius 2 is 2.17 bits per heavy atom. The molecular weight excluding hydrogens is 236 g/mol. The molecule has 2 rings (SSSR count). The minimum absolute atomic E-state index is 0.0639. The van der Waals surface area contributed by atoms with Gasteiger partial charge in [0.2, 0.25) is 0 Å². The third kappa shape index (κ3) is 2.57.